The van der Waals surface area contributed by atoms with E-state index in [9.17, 15) is 0 Å². The third-order valence-corrected chi connectivity index (χ3v) is 3.51. The number of hydrogen-bond acceptors (Lipinski definition) is 0. The highest BCUT2D eigenvalue weighted by Gasteiger charge is 2.14. The average molecular weight is 220 g/mol. The third kappa shape index (κ3) is 1.80. The van der Waals surface area contributed by atoms with Crippen LogP contribution >= 0.6 is 0 Å². The van der Waals surface area contributed by atoms with Crippen LogP contribution in [0.2, 0.25) is 0 Å². The Bertz CT molecular complexity index is 559. The molecular weight excluding hydrogens is 204 g/mol. The number of rotatable bonds is 2. The van der Waals surface area contributed by atoms with Crippen molar-refractivity contribution in [3.8, 4) is 0 Å². The summed E-state index contributed by atoms with van der Waals surface area (Å²) in [7, 11) is 0. The molecule has 2 aromatic carbocycles. The van der Waals surface area contributed by atoms with Crippen molar-refractivity contribution in [2.75, 3.05) is 0 Å². The summed E-state index contributed by atoms with van der Waals surface area (Å²) in [5, 5.41) is 0. The lowest BCUT2D eigenvalue weighted by Crippen LogP contribution is -1.87. The molecule has 0 heterocycles. The molecule has 0 atom stereocenters. The Balaban J connectivity index is 2.01. The number of fused-ring (bicyclic) bond motifs is 1. The van der Waals surface area contributed by atoms with Gasteiger partial charge >= 0.3 is 0 Å². The molecule has 2 aromatic rings. The molecule has 0 saturated carbocycles. The van der Waals surface area contributed by atoms with Gasteiger partial charge in [-0.1, -0.05) is 61.5 Å². The van der Waals surface area contributed by atoms with E-state index >= 15 is 0 Å². The van der Waals surface area contributed by atoms with E-state index in [1.54, 1.807) is 0 Å². The molecule has 17 heavy (non-hydrogen) atoms. The Morgan fingerprint density at radius 1 is 0.941 bits per heavy atom. The van der Waals surface area contributed by atoms with E-state index in [0.717, 1.165) is 12.8 Å². The molecule has 0 N–H and O–H groups in total. The van der Waals surface area contributed by atoms with Crippen LogP contribution in [0.1, 0.15) is 29.2 Å². The van der Waals surface area contributed by atoms with Crippen LogP contribution in [-0.4, -0.2) is 0 Å². The molecule has 0 amide bonds. The molecular formula is C17H16. The van der Waals surface area contributed by atoms with E-state index in [0.29, 0.717) is 0 Å². The van der Waals surface area contributed by atoms with Gasteiger partial charge in [0.05, 0.1) is 0 Å². The molecule has 0 fully saturated rings. The first-order valence-corrected chi connectivity index (χ1v) is 6.26. The molecule has 0 nitrogen and oxygen atoms in total. The van der Waals surface area contributed by atoms with Crippen molar-refractivity contribution in [1.29, 1.82) is 0 Å². The van der Waals surface area contributed by atoms with E-state index < -0.39 is 0 Å². The zero-order valence-electron chi connectivity index (χ0n) is 10.1. The van der Waals surface area contributed by atoms with Gasteiger partial charge in [-0.2, -0.15) is 0 Å². The lowest BCUT2D eigenvalue weighted by Gasteiger charge is -2.06. The molecule has 0 saturated heterocycles. The monoisotopic (exact) mass is 220 g/mol. The summed E-state index contributed by atoms with van der Waals surface area (Å²) in [6.45, 7) is 2.19. The van der Waals surface area contributed by atoms with Gasteiger partial charge in [0.15, 0.2) is 0 Å². The number of allylic oxidation sites excluding steroid dienone is 1. The Hall–Kier alpha value is -1.82. The molecule has 84 valence electrons. The highest BCUT2D eigenvalue weighted by Crippen LogP contribution is 2.32. The molecule has 0 heteroatoms. The van der Waals surface area contributed by atoms with Crippen molar-refractivity contribution >= 4 is 5.57 Å². The maximum absolute atomic E-state index is 2.34. The summed E-state index contributed by atoms with van der Waals surface area (Å²) in [4.78, 5) is 0. The summed E-state index contributed by atoms with van der Waals surface area (Å²) in [5.74, 6) is 0. The zero-order chi connectivity index (χ0) is 11.7. The fourth-order valence-corrected chi connectivity index (χ4v) is 2.48. The molecule has 0 spiro atoms. The zero-order valence-corrected chi connectivity index (χ0v) is 10.1. The smallest absolute Gasteiger partial charge is 0.00819 e. The maximum atomic E-state index is 2.34. The van der Waals surface area contributed by atoms with Crippen LogP contribution in [-0.2, 0) is 12.8 Å². The largest absolute Gasteiger partial charge is 0.0716 e. The van der Waals surface area contributed by atoms with Crippen LogP contribution in [0.4, 0.5) is 0 Å². The van der Waals surface area contributed by atoms with Crippen LogP contribution in [0.15, 0.2) is 54.6 Å². The van der Waals surface area contributed by atoms with Gasteiger partial charge in [0.1, 0.15) is 0 Å². The van der Waals surface area contributed by atoms with Gasteiger partial charge in [-0.3, -0.25) is 0 Å². The highest BCUT2D eigenvalue weighted by atomic mass is 14.2. The van der Waals surface area contributed by atoms with Crippen molar-refractivity contribution in [1.82, 2.24) is 0 Å². The first kappa shape index (κ1) is 10.3. The maximum Gasteiger partial charge on any atom is -0.00819 e. The minimum atomic E-state index is 1.07. The van der Waals surface area contributed by atoms with Crippen LogP contribution in [0.3, 0.4) is 0 Å². The summed E-state index contributed by atoms with van der Waals surface area (Å²) in [6.07, 6.45) is 4.52. The molecule has 1 aliphatic carbocycles. The standard InChI is InChI=1S/C17H16/c1-2-13-7-9-15(10-8-13)17-12-11-14-5-3-4-6-16(14)17/h3-10,12H,2,11H2,1H3. The van der Waals surface area contributed by atoms with Crippen LogP contribution in [0, 0.1) is 0 Å². The fourth-order valence-electron chi connectivity index (χ4n) is 2.48. The minimum Gasteiger partial charge on any atom is -0.0716 e. The SMILES string of the molecule is CCc1ccc(C2=CCc3ccccc32)cc1. The summed E-state index contributed by atoms with van der Waals surface area (Å²) >= 11 is 0. The molecule has 0 bridgehead atoms. The molecule has 0 radical (unpaired) electrons. The van der Waals surface area contributed by atoms with Crippen molar-refractivity contribution in [2.45, 2.75) is 19.8 Å². The van der Waals surface area contributed by atoms with E-state index in [-0.39, 0.29) is 0 Å². The van der Waals surface area contributed by atoms with Gasteiger partial charge < -0.3 is 0 Å². The Labute approximate surface area is 103 Å². The van der Waals surface area contributed by atoms with Crippen LogP contribution in [0.5, 0.6) is 0 Å². The molecule has 1 aliphatic rings. The molecule has 0 aromatic heterocycles. The Morgan fingerprint density at radius 2 is 1.71 bits per heavy atom. The average Bonchev–Trinajstić information content (AvgIpc) is 2.83. The second-order valence-corrected chi connectivity index (χ2v) is 4.53. The van der Waals surface area contributed by atoms with Gasteiger partial charge in [0, 0.05) is 0 Å². The van der Waals surface area contributed by atoms with Crippen molar-refractivity contribution in [2.24, 2.45) is 0 Å². The Morgan fingerprint density at radius 3 is 2.47 bits per heavy atom. The van der Waals surface area contributed by atoms with E-state index in [1.807, 2.05) is 0 Å². The summed E-state index contributed by atoms with van der Waals surface area (Å²) in [5.41, 5.74) is 6.98. The van der Waals surface area contributed by atoms with Crippen molar-refractivity contribution in [3.63, 3.8) is 0 Å². The first-order valence-electron chi connectivity index (χ1n) is 6.26. The second kappa shape index (κ2) is 4.21. The predicted molar refractivity (Wildman–Crippen MR) is 73.0 cm³/mol. The minimum absolute atomic E-state index is 1.07. The Kier molecular flexibility index (Phi) is 2.56. The van der Waals surface area contributed by atoms with Crippen LogP contribution < -0.4 is 0 Å². The lowest BCUT2D eigenvalue weighted by atomic mass is 9.98. The highest BCUT2D eigenvalue weighted by molar-refractivity contribution is 5.84. The molecule has 3 rings (SSSR count). The molecule has 0 unspecified atom stereocenters. The normalized spacial score (nSPS) is 13.4. The summed E-state index contributed by atoms with van der Waals surface area (Å²) in [6, 6.07) is 17.6. The first-order chi connectivity index (χ1) is 8.38. The van der Waals surface area contributed by atoms with Gasteiger partial charge in [0.25, 0.3) is 0 Å². The van der Waals surface area contributed by atoms with Crippen molar-refractivity contribution in [3.05, 3.63) is 76.9 Å². The van der Waals surface area contributed by atoms with Gasteiger partial charge in [-0.05, 0) is 40.7 Å². The van der Waals surface area contributed by atoms with Crippen LogP contribution in [0.25, 0.3) is 5.57 Å². The van der Waals surface area contributed by atoms with E-state index in [2.05, 4.69) is 61.5 Å². The number of hydrogen-bond donors (Lipinski definition) is 0. The predicted octanol–water partition coefficient (Wildman–Crippen LogP) is 4.24. The molecule has 0 aliphatic heterocycles. The van der Waals surface area contributed by atoms with E-state index in [1.165, 1.54) is 27.8 Å². The number of aryl methyl sites for hydroxylation is 1. The quantitative estimate of drug-likeness (QED) is 0.710. The second-order valence-electron chi connectivity index (χ2n) is 4.53. The van der Waals surface area contributed by atoms with Gasteiger partial charge in [-0.25, -0.2) is 0 Å². The summed E-state index contributed by atoms with van der Waals surface area (Å²) < 4.78 is 0. The number of benzene rings is 2. The van der Waals surface area contributed by atoms with Gasteiger partial charge in [0.2, 0.25) is 0 Å². The topological polar surface area (TPSA) is 0 Å². The van der Waals surface area contributed by atoms with E-state index in [4.69, 9.17) is 0 Å². The third-order valence-electron chi connectivity index (χ3n) is 3.51. The van der Waals surface area contributed by atoms with Crippen molar-refractivity contribution < 1.29 is 0 Å². The lowest BCUT2D eigenvalue weighted by molar-refractivity contribution is 1.14. The van der Waals surface area contributed by atoms with Gasteiger partial charge in [-0.15, -0.1) is 0 Å². The fraction of sp³-hybridized carbons (Fsp3) is 0.176.